The maximum absolute atomic E-state index is 12.3. The average molecular weight is 260 g/mol. The zero-order chi connectivity index (χ0) is 13.9. The first kappa shape index (κ1) is 14.5. The molecule has 2 atom stereocenters. The van der Waals surface area contributed by atoms with Crippen LogP contribution >= 0.6 is 0 Å². The number of hydrogen-bond acceptors (Lipinski definition) is 2. The Hall–Kier alpha value is -1.56. The summed E-state index contributed by atoms with van der Waals surface area (Å²) >= 11 is 0. The lowest BCUT2D eigenvalue weighted by Crippen LogP contribution is -2.34. The van der Waals surface area contributed by atoms with Gasteiger partial charge < -0.3 is 11.1 Å². The van der Waals surface area contributed by atoms with E-state index >= 15 is 0 Å². The molecule has 1 rings (SSSR count). The van der Waals surface area contributed by atoms with Crippen LogP contribution in [0.25, 0.3) is 0 Å². The summed E-state index contributed by atoms with van der Waals surface area (Å²) < 4.78 is 36.9. The zero-order valence-corrected chi connectivity index (χ0v) is 10.1. The van der Waals surface area contributed by atoms with E-state index in [0.717, 1.165) is 12.1 Å². The molecular weight excluding hydrogens is 245 g/mol. The average Bonchev–Trinajstić information content (AvgIpc) is 2.27. The monoisotopic (exact) mass is 260 g/mol. The minimum atomic E-state index is -4.37. The van der Waals surface area contributed by atoms with Crippen LogP contribution in [-0.4, -0.2) is 11.9 Å². The van der Waals surface area contributed by atoms with Gasteiger partial charge in [0.2, 0.25) is 5.91 Å². The Kier molecular flexibility index (Phi) is 4.34. The van der Waals surface area contributed by atoms with Gasteiger partial charge in [-0.1, -0.05) is 6.92 Å². The Bertz CT molecular complexity index is 412. The van der Waals surface area contributed by atoms with Crippen molar-refractivity contribution in [2.75, 3.05) is 5.32 Å². The van der Waals surface area contributed by atoms with Gasteiger partial charge in [-0.25, -0.2) is 0 Å². The normalized spacial score (nSPS) is 15.0. The number of nitrogens with one attached hydrogen (secondary N) is 1. The maximum Gasteiger partial charge on any atom is 0.416 e. The number of benzene rings is 1. The quantitative estimate of drug-likeness (QED) is 0.877. The summed E-state index contributed by atoms with van der Waals surface area (Å²) in [6.45, 7) is 3.35. The smallest absolute Gasteiger partial charge is 0.327 e. The molecule has 3 nitrogen and oxygen atoms in total. The Morgan fingerprint density at radius 3 is 2.11 bits per heavy atom. The number of hydrogen-bond donors (Lipinski definition) is 2. The summed E-state index contributed by atoms with van der Waals surface area (Å²) in [7, 11) is 0. The zero-order valence-electron chi connectivity index (χ0n) is 10.1. The topological polar surface area (TPSA) is 55.1 Å². The Morgan fingerprint density at radius 2 is 1.72 bits per heavy atom. The summed E-state index contributed by atoms with van der Waals surface area (Å²) in [6.07, 6.45) is -4.37. The van der Waals surface area contributed by atoms with Crippen molar-refractivity contribution in [1.82, 2.24) is 0 Å². The minimum absolute atomic E-state index is 0.315. The molecule has 2 unspecified atom stereocenters. The van der Waals surface area contributed by atoms with Crippen LogP contribution in [0.5, 0.6) is 0 Å². The summed E-state index contributed by atoms with van der Waals surface area (Å²) in [5.74, 6) is -0.725. The van der Waals surface area contributed by atoms with Crippen molar-refractivity contribution < 1.29 is 18.0 Å². The molecule has 0 aliphatic rings. The van der Waals surface area contributed by atoms with Gasteiger partial charge in [-0.3, -0.25) is 4.79 Å². The number of anilines is 1. The van der Waals surface area contributed by atoms with Gasteiger partial charge in [0.05, 0.1) is 11.5 Å². The van der Waals surface area contributed by atoms with Gasteiger partial charge in [-0.15, -0.1) is 0 Å². The second kappa shape index (κ2) is 5.39. The van der Waals surface area contributed by atoms with Crippen molar-refractivity contribution in [2.24, 2.45) is 11.7 Å². The van der Waals surface area contributed by atoms with E-state index in [1.165, 1.54) is 12.1 Å². The van der Waals surface area contributed by atoms with Crippen molar-refractivity contribution in [3.63, 3.8) is 0 Å². The van der Waals surface area contributed by atoms with Crippen molar-refractivity contribution in [2.45, 2.75) is 26.1 Å². The van der Waals surface area contributed by atoms with E-state index in [1.807, 2.05) is 0 Å². The molecule has 0 saturated heterocycles. The molecule has 6 heteroatoms. The molecule has 0 saturated carbocycles. The van der Waals surface area contributed by atoms with E-state index in [1.54, 1.807) is 13.8 Å². The summed E-state index contributed by atoms with van der Waals surface area (Å²) in [4.78, 5) is 11.6. The van der Waals surface area contributed by atoms with Crippen LogP contribution < -0.4 is 11.1 Å². The second-order valence-corrected chi connectivity index (χ2v) is 4.21. The first-order valence-corrected chi connectivity index (χ1v) is 5.45. The number of rotatable bonds is 3. The largest absolute Gasteiger partial charge is 0.416 e. The molecule has 1 aromatic carbocycles. The van der Waals surface area contributed by atoms with E-state index in [2.05, 4.69) is 5.32 Å². The van der Waals surface area contributed by atoms with Crippen LogP contribution in [0.2, 0.25) is 0 Å². The molecule has 0 spiro atoms. The van der Waals surface area contributed by atoms with Crippen molar-refractivity contribution in [3.05, 3.63) is 29.8 Å². The lowest BCUT2D eigenvalue weighted by molar-refractivity contribution is -0.137. The molecule has 0 aliphatic carbocycles. The molecule has 100 valence electrons. The van der Waals surface area contributed by atoms with Crippen molar-refractivity contribution in [3.8, 4) is 0 Å². The second-order valence-electron chi connectivity index (χ2n) is 4.21. The highest BCUT2D eigenvalue weighted by molar-refractivity contribution is 5.92. The van der Waals surface area contributed by atoms with Crippen LogP contribution in [-0.2, 0) is 11.0 Å². The highest BCUT2D eigenvalue weighted by atomic mass is 19.4. The summed E-state index contributed by atoms with van der Waals surface area (Å²) in [6, 6.07) is 3.96. The molecule has 0 heterocycles. The van der Waals surface area contributed by atoms with Crippen LogP contribution in [0.4, 0.5) is 18.9 Å². The molecule has 0 radical (unpaired) electrons. The number of carbonyl (C=O) groups excluding carboxylic acids is 1. The molecular formula is C12H15F3N2O. The lowest BCUT2D eigenvalue weighted by Gasteiger charge is -2.15. The number of carbonyl (C=O) groups is 1. The predicted octanol–water partition coefficient (Wildman–Crippen LogP) is 2.63. The molecule has 0 aliphatic heterocycles. The van der Waals surface area contributed by atoms with Crippen molar-refractivity contribution in [1.29, 1.82) is 0 Å². The molecule has 3 N–H and O–H groups in total. The fourth-order valence-electron chi connectivity index (χ4n) is 1.24. The minimum Gasteiger partial charge on any atom is -0.327 e. The van der Waals surface area contributed by atoms with Crippen molar-refractivity contribution >= 4 is 11.6 Å². The van der Waals surface area contributed by atoms with Crippen LogP contribution in [0, 0.1) is 5.92 Å². The summed E-state index contributed by atoms with van der Waals surface area (Å²) in [5.41, 5.74) is 5.13. The van der Waals surface area contributed by atoms with Crippen LogP contribution in [0.3, 0.4) is 0 Å². The number of nitrogens with two attached hydrogens (primary N) is 1. The Morgan fingerprint density at radius 1 is 1.22 bits per heavy atom. The first-order valence-electron chi connectivity index (χ1n) is 5.45. The molecule has 0 aromatic heterocycles. The van der Waals surface area contributed by atoms with E-state index in [-0.39, 0.29) is 11.9 Å². The molecule has 0 bridgehead atoms. The third-order valence-electron chi connectivity index (χ3n) is 2.68. The third-order valence-corrected chi connectivity index (χ3v) is 2.68. The SMILES string of the molecule is CC(N)C(C)C(=O)Nc1ccc(C(F)(F)F)cc1. The van der Waals surface area contributed by atoms with E-state index in [0.29, 0.717) is 5.69 Å². The van der Waals surface area contributed by atoms with Crippen LogP contribution in [0.1, 0.15) is 19.4 Å². The predicted molar refractivity (Wildman–Crippen MR) is 62.9 cm³/mol. The highest BCUT2D eigenvalue weighted by Gasteiger charge is 2.30. The van der Waals surface area contributed by atoms with E-state index in [4.69, 9.17) is 5.73 Å². The number of alkyl halides is 3. The number of amides is 1. The lowest BCUT2D eigenvalue weighted by atomic mass is 10.0. The Labute approximate surface area is 103 Å². The van der Waals surface area contributed by atoms with Gasteiger partial charge in [-0.05, 0) is 31.2 Å². The van der Waals surface area contributed by atoms with Gasteiger partial charge in [0, 0.05) is 11.7 Å². The van der Waals surface area contributed by atoms with Gasteiger partial charge in [0.15, 0.2) is 0 Å². The van der Waals surface area contributed by atoms with Crippen LogP contribution in [0.15, 0.2) is 24.3 Å². The van der Waals surface area contributed by atoms with Gasteiger partial charge in [-0.2, -0.15) is 13.2 Å². The van der Waals surface area contributed by atoms with Gasteiger partial charge in [0.25, 0.3) is 0 Å². The molecule has 1 amide bonds. The van der Waals surface area contributed by atoms with E-state index < -0.39 is 17.7 Å². The number of halogens is 3. The molecule has 0 fully saturated rings. The first-order chi connectivity index (χ1) is 8.21. The highest BCUT2D eigenvalue weighted by Crippen LogP contribution is 2.29. The van der Waals surface area contributed by atoms with Gasteiger partial charge >= 0.3 is 6.18 Å². The summed E-state index contributed by atoms with van der Waals surface area (Å²) in [5, 5.41) is 2.52. The Balaban J connectivity index is 2.73. The third kappa shape index (κ3) is 3.73. The van der Waals surface area contributed by atoms with E-state index in [9.17, 15) is 18.0 Å². The maximum atomic E-state index is 12.3. The standard InChI is InChI=1S/C12H15F3N2O/c1-7(8(2)16)11(18)17-10-5-3-9(4-6-10)12(13,14)15/h3-8H,16H2,1-2H3,(H,17,18). The molecule has 18 heavy (non-hydrogen) atoms. The molecule has 1 aromatic rings. The fourth-order valence-corrected chi connectivity index (χ4v) is 1.24. The fraction of sp³-hybridized carbons (Fsp3) is 0.417. The van der Waals surface area contributed by atoms with Gasteiger partial charge in [0.1, 0.15) is 0 Å².